The summed E-state index contributed by atoms with van der Waals surface area (Å²) in [5.41, 5.74) is 3.89. The van der Waals surface area contributed by atoms with E-state index >= 15 is 0 Å². The summed E-state index contributed by atoms with van der Waals surface area (Å²) >= 11 is 0. The summed E-state index contributed by atoms with van der Waals surface area (Å²) in [5.74, 6) is -1.14. The van der Waals surface area contributed by atoms with Crippen molar-refractivity contribution in [3.05, 3.63) is 63.5 Å². The van der Waals surface area contributed by atoms with Crippen LogP contribution in [0.5, 0.6) is 0 Å². The van der Waals surface area contributed by atoms with Crippen molar-refractivity contribution in [1.82, 2.24) is 15.3 Å². The summed E-state index contributed by atoms with van der Waals surface area (Å²) in [5, 5.41) is 4.78. The molecule has 11 nitrogen and oxygen atoms in total. The molecule has 0 fully saturated rings. The predicted octanol–water partition coefficient (Wildman–Crippen LogP) is 0.977. The molecule has 12 heteroatoms. The van der Waals surface area contributed by atoms with Gasteiger partial charge in [0.05, 0.1) is 32.0 Å². The van der Waals surface area contributed by atoms with Crippen LogP contribution in [0, 0.1) is 5.82 Å². The fourth-order valence-corrected chi connectivity index (χ4v) is 3.04. The van der Waals surface area contributed by atoms with E-state index in [1.54, 1.807) is 18.2 Å². The van der Waals surface area contributed by atoms with E-state index < -0.39 is 28.9 Å². The minimum absolute atomic E-state index is 0.00136. The number of aromatic amines is 1. The molecule has 2 aromatic rings. The van der Waals surface area contributed by atoms with Gasteiger partial charge in [0.25, 0.3) is 11.5 Å². The second-order valence-corrected chi connectivity index (χ2v) is 6.88. The van der Waals surface area contributed by atoms with E-state index in [0.717, 1.165) is 7.11 Å². The minimum atomic E-state index is -1.68. The predicted molar refractivity (Wildman–Crippen MR) is 113 cm³/mol. The molecule has 0 bridgehead atoms. The molecule has 32 heavy (non-hydrogen) atoms. The monoisotopic (exact) mass is 444 g/mol. The molecule has 3 rings (SSSR count). The number of nitrogens with one attached hydrogen (secondary N) is 3. The average Bonchev–Trinajstić information content (AvgIpc) is 3.01. The fourth-order valence-electron chi connectivity index (χ4n) is 3.04. The number of methoxy groups -OCH3 is 2. The number of nitrogens with two attached hydrogens (primary N) is 1. The van der Waals surface area contributed by atoms with Gasteiger partial charge in [-0.25, -0.2) is 19.2 Å². The zero-order valence-electron chi connectivity index (χ0n) is 17.5. The minimum Gasteiger partial charge on any atom is -0.481 e. The Labute approximate surface area is 181 Å². The SMILES string of the molecule is COC(=O)NC1(C)C(=O)Nc2nc(C(N)=CC(=NCc3ccccc3F)OC)[nH]c(=O)c21. The molecular weight excluding hydrogens is 423 g/mol. The third kappa shape index (κ3) is 4.29. The molecule has 2 amide bonds. The van der Waals surface area contributed by atoms with Crippen molar-refractivity contribution < 1.29 is 23.5 Å². The Bertz CT molecular complexity index is 1190. The average molecular weight is 444 g/mol. The molecule has 0 saturated heterocycles. The largest absolute Gasteiger partial charge is 0.481 e. The highest BCUT2D eigenvalue weighted by molar-refractivity contribution is 6.06. The number of aliphatic imine (C=N–C) groups is 1. The lowest BCUT2D eigenvalue weighted by atomic mass is 9.96. The van der Waals surface area contributed by atoms with Gasteiger partial charge in [0.2, 0.25) is 5.90 Å². The third-order valence-corrected chi connectivity index (χ3v) is 4.77. The molecule has 1 atom stereocenters. The van der Waals surface area contributed by atoms with Crippen LogP contribution in [0.25, 0.3) is 5.70 Å². The second kappa shape index (κ2) is 8.88. The number of hydrogen-bond acceptors (Lipinski definition) is 8. The zero-order valence-corrected chi connectivity index (χ0v) is 17.5. The van der Waals surface area contributed by atoms with Crippen LogP contribution < -0.4 is 21.9 Å². The van der Waals surface area contributed by atoms with E-state index in [4.69, 9.17) is 10.5 Å². The second-order valence-electron chi connectivity index (χ2n) is 6.88. The number of carbonyl (C=O) groups is 2. The van der Waals surface area contributed by atoms with Crippen molar-refractivity contribution in [1.29, 1.82) is 0 Å². The first-order chi connectivity index (χ1) is 15.2. The molecule has 1 aromatic heterocycles. The van der Waals surface area contributed by atoms with E-state index in [1.807, 2.05) is 0 Å². The van der Waals surface area contributed by atoms with Crippen molar-refractivity contribution >= 4 is 29.4 Å². The number of halogens is 1. The number of carbonyl (C=O) groups excluding carboxylic acids is 2. The van der Waals surface area contributed by atoms with Gasteiger partial charge >= 0.3 is 6.09 Å². The van der Waals surface area contributed by atoms with Crippen LogP contribution in [-0.4, -0.2) is 42.1 Å². The van der Waals surface area contributed by atoms with Crippen molar-refractivity contribution in [2.75, 3.05) is 19.5 Å². The molecule has 0 radical (unpaired) electrons. The number of anilines is 1. The first-order valence-corrected chi connectivity index (χ1v) is 9.31. The Kier molecular flexibility index (Phi) is 6.23. The van der Waals surface area contributed by atoms with Gasteiger partial charge in [0, 0.05) is 11.6 Å². The standard InChI is InChI=1S/C20H21FN6O5/c1-20(27-19(30)32-3)14-16(26-18(20)29)24-15(25-17(14)28)12(22)8-13(31-2)23-9-10-6-4-5-7-11(10)21/h4-8H,9,22H2,1-3H3,(H,27,30)(H2,24,25,26,28,29). The van der Waals surface area contributed by atoms with E-state index in [-0.39, 0.29) is 35.3 Å². The van der Waals surface area contributed by atoms with Gasteiger partial charge in [0.15, 0.2) is 11.4 Å². The molecule has 0 saturated carbocycles. The van der Waals surface area contributed by atoms with Crippen LogP contribution >= 0.6 is 0 Å². The zero-order chi connectivity index (χ0) is 23.5. The van der Waals surface area contributed by atoms with Gasteiger partial charge in [-0.3, -0.25) is 9.59 Å². The van der Waals surface area contributed by atoms with Crippen LogP contribution in [-0.2, 0) is 26.4 Å². The third-order valence-electron chi connectivity index (χ3n) is 4.77. The lowest BCUT2D eigenvalue weighted by Gasteiger charge is -2.21. The van der Waals surface area contributed by atoms with Gasteiger partial charge < -0.3 is 30.8 Å². The number of alkyl carbamates (subject to hydrolysis) is 1. The fraction of sp³-hybridized carbons (Fsp3) is 0.250. The quantitative estimate of drug-likeness (QED) is 0.395. The molecular formula is C20H21FN6O5. The maximum atomic E-state index is 13.8. The number of nitrogens with zero attached hydrogens (tertiary/aromatic N) is 2. The summed E-state index contributed by atoms with van der Waals surface area (Å²) in [7, 11) is 2.48. The van der Waals surface area contributed by atoms with Gasteiger partial charge in [-0.1, -0.05) is 18.2 Å². The number of aromatic nitrogens is 2. The number of ether oxygens (including phenoxy) is 2. The summed E-state index contributed by atoms with van der Waals surface area (Å²) in [4.78, 5) is 47.6. The topological polar surface area (TPSA) is 161 Å². The van der Waals surface area contributed by atoms with Gasteiger partial charge in [-0.15, -0.1) is 0 Å². The number of rotatable bonds is 5. The Hall–Kier alpha value is -4.22. The highest BCUT2D eigenvalue weighted by Gasteiger charge is 2.48. The molecule has 2 heterocycles. The Balaban J connectivity index is 1.92. The van der Waals surface area contributed by atoms with Crippen molar-refractivity contribution in [3.8, 4) is 0 Å². The van der Waals surface area contributed by atoms with Gasteiger partial charge in [-0.05, 0) is 13.0 Å². The van der Waals surface area contributed by atoms with Crippen molar-refractivity contribution in [3.63, 3.8) is 0 Å². The summed E-state index contributed by atoms with van der Waals surface area (Å²) in [6.45, 7) is 1.35. The van der Waals surface area contributed by atoms with Gasteiger partial charge in [-0.2, -0.15) is 0 Å². The van der Waals surface area contributed by atoms with E-state index in [0.29, 0.717) is 5.56 Å². The maximum absolute atomic E-state index is 13.8. The van der Waals surface area contributed by atoms with E-state index in [2.05, 4.69) is 30.3 Å². The Morgan fingerprint density at radius 3 is 2.69 bits per heavy atom. The van der Waals surface area contributed by atoms with Gasteiger partial charge in [0.1, 0.15) is 11.6 Å². The number of H-pyrrole nitrogens is 1. The molecule has 168 valence electrons. The first kappa shape index (κ1) is 22.5. The molecule has 1 aliphatic heterocycles. The molecule has 1 aliphatic rings. The molecule has 1 unspecified atom stereocenters. The van der Waals surface area contributed by atoms with Crippen molar-refractivity contribution in [2.45, 2.75) is 19.0 Å². The van der Waals surface area contributed by atoms with Crippen LogP contribution in [0.2, 0.25) is 0 Å². The Morgan fingerprint density at radius 1 is 1.31 bits per heavy atom. The maximum Gasteiger partial charge on any atom is 0.407 e. The molecule has 0 aliphatic carbocycles. The highest BCUT2D eigenvalue weighted by atomic mass is 19.1. The Morgan fingerprint density at radius 2 is 2.03 bits per heavy atom. The number of amides is 2. The summed E-state index contributed by atoms with van der Waals surface area (Å²) in [6, 6.07) is 6.15. The van der Waals surface area contributed by atoms with Crippen LogP contribution in [0.15, 0.2) is 40.1 Å². The normalized spacial score (nSPS) is 18.1. The van der Waals surface area contributed by atoms with Crippen LogP contribution in [0.4, 0.5) is 15.0 Å². The number of fused-ring (bicyclic) bond motifs is 1. The first-order valence-electron chi connectivity index (χ1n) is 9.31. The lowest BCUT2D eigenvalue weighted by molar-refractivity contribution is -0.121. The van der Waals surface area contributed by atoms with E-state index in [9.17, 15) is 18.8 Å². The number of hydrogen-bond donors (Lipinski definition) is 4. The van der Waals surface area contributed by atoms with E-state index in [1.165, 1.54) is 26.2 Å². The molecule has 0 spiro atoms. The van der Waals surface area contributed by atoms with Crippen LogP contribution in [0.3, 0.4) is 0 Å². The van der Waals surface area contributed by atoms with Crippen molar-refractivity contribution in [2.24, 2.45) is 10.7 Å². The van der Waals surface area contributed by atoms with Crippen LogP contribution in [0.1, 0.15) is 23.9 Å². The summed E-state index contributed by atoms with van der Waals surface area (Å²) in [6.07, 6.45) is 0.406. The smallest absolute Gasteiger partial charge is 0.407 e. The summed E-state index contributed by atoms with van der Waals surface area (Å²) < 4.78 is 23.4. The molecule has 1 aromatic carbocycles. The lowest BCUT2D eigenvalue weighted by Crippen LogP contribution is -2.50. The number of benzene rings is 1. The highest BCUT2D eigenvalue weighted by Crippen LogP contribution is 2.31. The molecule has 5 N–H and O–H groups in total.